The summed E-state index contributed by atoms with van der Waals surface area (Å²) >= 11 is 12.8. The van der Waals surface area contributed by atoms with E-state index in [1.807, 2.05) is 26.8 Å². The van der Waals surface area contributed by atoms with Gasteiger partial charge in [0.1, 0.15) is 4.32 Å². The summed E-state index contributed by atoms with van der Waals surface area (Å²) in [6.07, 6.45) is 1.78. The maximum atomic E-state index is 12.3. The van der Waals surface area contributed by atoms with Gasteiger partial charge in [-0.2, -0.15) is 0 Å². The summed E-state index contributed by atoms with van der Waals surface area (Å²) in [6, 6.07) is 3.58. The van der Waals surface area contributed by atoms with Crippen LogP contribution in [0.4, 0.5) is 0 Å². The molecule has 0 bridgehead atoms. The van der Waals surface area contributed by atoms with E-state index in [9.17, 15) is 4.79 Å². The molecule has 0 aromatic heterocycles. The van der Waals surface area contributed by atoms with E-state index in [1.54, 1.807) is 17.0 Å². The first kappa shape index (κ1) is 18.1. The Kier molecular flexibility index (Phi) is 6.33. The molecule has 1 aromatic carbocycles. The molecule has 1 heterocycles. The zero-order valence-corrected chi connectivity index (χ0v) is 15.6. The number of ether oxygens (including phenoxy) is 2. The summed E-state index contributed by atoms with van der Waals surface area (Å²) < 4.78 is 11.7. The third kappa shape index (κ3) is 4.00. The summed E-state index contributed by atoms with van der Waals surface area (Å²) in [7, 11) is 0. The number of benzene rings is 1. The number of hydrogen-bond donors (Lipinski definition) is 0. The first-order valence-electron chi connectivity index (χ1n) is 7.36. The average Bonchev–Trinajstić information content (AvgIpc) is 2.77. The first-order valence-corrected chi connectivity index (χ1v) is 8.96. The first-order chi connectivity index (χ1) is 11.0. The van der Waals surface area contributed by atoms with Gasteiger partial charge in [-0.3, -0.25) is 9.69 Å². The molecule has 1 saturated heterocycles. The maximum Gasteiger partial charge on any atom is 0.266 e. The van der Waals surface area contributed by atoms with Crippen LogP contribution in [0.3, 0.4) is 0 Å². The monoisotopic (exact) mass is 371 g/mol. The number of likely N-dealkylation sites (N-methyl/N-ethyl adjacent to an activating group) is 1. The van der Waals surface area contributed by atoms with E-state index in [2.05, 4.69) is 0 Å². The topological polar surface area (TPSA) is 38.8 Å². The quantitative estimate of drug-likeness (QED) is 0.548. The third-order valence-electron chi connectivity index (χ3n) is 3.11. The molecule has 0 unspecified atom stereocenters. The number of hydrogen-bond acceptors (Lipinski definition) is 5. The lowest BCUT2D eigenvalue weighted by Crippen LogP contribution is -2.27. The fourth-order valence-electron chi connectivity index (χ4n) is 2.14. The summed E-state index contributed by atoms with van der Waals surface area (Å²) in [6.45, 7) is 7.23. The molecular formula is C16H18ClNO3S2. The number of halogens is 1. The Hall–Kier alpha value is -1.24. The number of rotatable bonds is 6. The van der Waals surface area contributed by atoms with Crippen LogP contribution in [0.25, 0.3) is 6.08 Å². The van der Waals surface area contributed by atoms with E-state index < -0.39 is 0 Å². The van der Waals surface area contributed by atoms with Crippen LogP contribution in [0.15, 0.2) is 17.0 Å². The minimum atomic E-state index is -0.0783. The average molecular weight is 372 g/mol. The predicted molar refractivity (Wildman–Crippen MR) is 99.3 cm³/mol. The standard InChI is InChI=1S/C16H18ClNO3S2/c1-4-18-15(19)13(23-16(18)22)9-10-7-11(17)14(21-6-3)12(8-10)20-5-2/h7-9H,4-6H2,1-3H3/b13-9-. The minimum Gasteiger partial charge on any atom is -0.490 e. The van der Waals surface area contributed by atoms with Gasteiger partial charge in [-0.15, -0.1) is 0 Å². The van der Waals surface area contributed by atoms with Crippen molar-refractivity contribution in [3.63, 3.8) is 0 Å². The molecule has 7 heteroatoms. The second kappa shape index (κ2) is 8.04. The van der Waals surface area contributed by atoms with Gasteiger partial charge in [0.2, 0.25) is 0 Å². The lowest BCUT2D eigenvalue weighted by molar-refractivity contribution is -0.121. The van der Waals surface area contributed by atoms with E-state index in [4.69, 9.17) is 33.3 Å². The number of thioether (sulfide) groups is 1. The van der Waals surface area contributed by atoms with Crippen LogP contribution in [0, 0.1) is 0 Å². The second-order valence-corrected chi connectivity index (χ2v) is 6.70. The third-order valence-corrected chi connectivity index (χ3v) is 4.77. The largest absolute Gasteiger partial charge is 0.490 e. The molecule has 0 atom stereocenters. The Morgan fingerprint density at radius 2 is 1.96 bits per heavy atom. The molecule has 4 nitrogen and oxygen atoms in total. The smallest absolute Gasteiger partial charge is 0.266 e. The summed E-state index contributed by atoms with van der Waals surface area (Å²) in [5.41, 5.74) is 0.776. The minimum absolute atomic E-state index is 0.0783. The highest BCUT2D eigenvalue weighted by atomic mass is 35.5. The van der Waals surface area contributed by atoms with Crippen molar-refractivity contribution in [1.82, 2.24) is 4.90 Å². The van der Waals surface area contributed by atoms with Gasteiger partial charge in [0.15, 0.2) is 11.5 Å². The Bertz CT molecular complexity index is 661. The van der Waals surface area contributed by atoms with Gasteiger partial charge in [-0.1, -0.05) is 35.6 Å². The van der Waals surface area contributed by atoms with Crippen LogP contribution < -0.4 is 9.47 Å². The molecule has 1 aromatic rings. The fraction of sp³-hybridized carbons (Fsp3) is 0.375. The van der Waals surface area contributed by atoms with Gasteiger partial charge in [-0.25, -0.2) is 0 Å². The van der Waals surface area contributed by atoms with E-state index in [1.165, 1.54) is 11.8 Å². The fourth-order valence-corrected chi connectivity index (χ4v) is 3.80. The molecule has 1 aliphatic rings. The lowest BCUT2D eigenvalue weighted by Gasteiger charge is -2.13. The molecule has 124 valence electrons. The normalized spacial score (nSPS) is 16.3. The van der Waals surface area contributed by atoms with Crippen molar-refractivity contribution < 1.29 is 14.3 Å². The van der Waals surface area contributed by atoms with E-state index in [0.29, 0.717) is 45.5 Å². The number of nitrogens with zero attached hydrogens (tertiary/aromatic N) is 1. The van der Waals surface area contributed by atoms with E-state index >= 15 is 0 Å². The molecule has 0 saturated carbocycles. The maximum absolute atomic E-state index is 12.3. The van der Waals surface area contributed by atoms with Crippen molar-refractivity contribution in [2.45, 2.75) is 20.8 Å². The van der Waals surface area contributed by atoms with E-state index in [0.717, 1.165) is 5.56 Å². The van der Waals surface area contributed by atoms with Crippen molar-refractivity contribution in [3.05, 3.63) is 27.6 Å². The molecule has 0 radical (unpaired) electrons. The highest BCUT2D eigenvalue weighted by molar-refractivity contribution is 8.26. The van der Waals surface area contributed by atoms with Gasteiger partial charge in [0, 0.05) is 6.54 Å². The van der Waals surface area contributed by atoms with Crippen LogP contribution in [-0.2, 0) is 4.79 Å². The van der Waals surface area contributed by atoms with Gasteiger partial charge < -0.3 is 9.47 Å². The van der Waals surface area contributed by atoms with Crippen molar-refractivity contribution >= 4 is 51.9 Å². The molecule has 1 amide bonds. The summed E-state index contributed by atoms with van der Waals surface area (Å²) in [5.74, 6) is 1.01. The second-order valence-electron chi connectivity index (χ2n) is 4.62. The predicted octanol–water partition coefficient (Wildman–Crippen LogP) is 4.36. The summed E-state index contributed by atoms with van der Waals surface area (Å²) in [4.78, 5) is 14.4. The Morgan fingerprint density at radius 1 is 1.26 bits per heavy atom. The zero-order valence-electron chi connectivity index (χ0n) is 13.2. The Labute approximate surface area is 150 Å². The molecular weight excluding hydrogens is 354 g/mol. The summed E-state index contributed by atoms with van der Waals surface area (Å²) in [5, 5.41) is 0.454. The number of amides is 1. The lowest BCUT2D eigenvalue weighted by atomic mass is 10.1. The van der Waals surface area contributed by atoms with Gasteiger partial charge in [0.05, 0.1) is 23.1 Å². The molecule has 0 N–H and O–H groups in total. The Morgan fingerprint density at radius 3 is 2.52 bits per heavy atom. The van der Waals surface area contributed by atoms with Crippen LogP contribution in [0.2, 0.25) is 5.02 Å². The van der Waals surface area contributed by atoms with Crippen molar-refractivity contribution in [3.8, 4) is 11.5 Å². The van der Waals surface area contributed by atoms with E-state index in [-0.39, 0.29) is 5.91 Å². The molecule has 0 aliphatic carbocycles. The van der Waals surface area contributed by atoms with Gasteiger partial charge >= 0.3 is 0 Å². The zero-order chi connectivity index (χ0) is 17.0. The molecule has 23 heavy (non-hydrogen) atoms. The Balaban J connectivity index is 2.39. The van der Waals surface area contributed by atoms with Crippen LogP contribution in [0.5, 0.6) is 11.5 Å². The van der Waals surface area contributed by atoms with Crippen molar-refractivity contribution in [2.24, 2.45) is 0 Å². The molecule has 1 aliphatic heterocycles. The van der Waals surface area contributed by atoms with Gasteiger partial charge in [0.25, 0.3) is 5.91 Å². The number of carbonyl (C=O) groups excluding carboxylic acids is 1. The van der Waals surface area contributed by atoms with Gasteiger partial charge in [-0.05, 0) is 44.5 Å². The molecule has 2 rings (SSSR count). The molecule has 0 spiro atoms. The highest BCUT2D eigenvalue weighted by Gasteiger charge is 2.30. The molecule has 1 fully saturated rings. The van der Waals surface area contributed by atoms with Crippen molar-refractivity contribution in [1.29, 1.82) is 0 Å². The van der Waals surface area contributed by atoms with Crippen LogP contribution in [0.1, 0.15) is 26.3 Å². The SMILES string of the molecule is CCOc1cc(/C=C2\SC(=S)N(CC)C2=O)cc(Cl)c1OCC. The number of thiocarbonyl (C=S) groups is 1. The van der Waals surface area contributed by atoms with Crippen LogP contribution >= 0.6 is 35.6 Å². The highest BCUT2D eigenvalue weighted by Crippen LogP contribution is 2.39. The number of carbonyl (C=O) groups is 1. The van der Waals surface area contributed by atoms with Crippen molar-refractivity contribution in [2.75, 3.05) is 19.8 Å². The van der Waals surface area contributed by atoms with Crippen LogP contribution in [-0.4, -0.2) is 34.9 Å².